The second-order valence-electron chi connectivity index (χ2n) is 4.21. The summed E-state index contributed by atoms with van der Waals surface area (Å²) in [4.78, 5) is 16.5. The number of hydrogen-bond donors (Lipinski definition) is 1. The van der Waals surface area contributed by atoms with Gasteiger partial charge >= 0.3 is 0 Å². The van der Waals surface area contributed by atoms with Crippen molar-refractivity contribution in [3.63, 3.8) is 0 Å². The van der Waals surface area contributed by atoms with E-state index in [1.165, 1.54) is 30.3 Å². The molecule has 2 N–H and O–H groups in total. The molecule has 0 bridgehead atoms. The van der Waals surface area contributed by atoms with Crippen LogP contribution >= 0.6 is 23.2 Å². The first kappa shape index (κ1) is 15.5. The molecule has 6 heteroatoms. The molecule has 0 amide bonds. The van der Waals surface area contributed by atoms with E-state index in [2.05, 4.69) is 4.99 Å². The molecule has 0 aliphatic heterocycles. The van der Waals surface area contributed by atoms with Crippen LogP contribution in [0, 0.1) is 5.82 Å². The quantitative estimate of drug-likeness (QED) is 0.401. The summed E-state index contributed by atoms with van der Waals surface area (Å²) in [6.07, 6.45) is 0. The Morgan fingerprint density at radius 1 is 1.19 bits per heavy atom. The molecule has 0 unspecified atom stereocenters. The van der Waals surface area contributed by atoms with Gasteiger partial charge in [0, 0.05) is 10.6 Å². The molecule has 0 atom stereocenters. The van der Waals surface area contributed by atoms with E-state index in [1.807, 2.05) is 0 Å². The van der Waals surface area contributed by atoms with E-state index in [-0.39, 0.29) is 22.8 Å². The summed E-state index contributed by atoms with van der Waals surface area (Å²) in [5.74, 6) is -0.948. The van der Waals surface area contributed by atoms with Crippen LogP contribution in [0.4, 0.5) is 10.1 Å². The molecule has 21 heavy (non-hydrogen) atoms. The molecule has 0 saturated carbocycles. The van der Waals surface area contributed by atoms with E-state index >= 15 is 0 Å². The fraction of sp³-hybridized carbons (Fsp3) is 0.0667. The van der Waals surface area contributed by atoms with Gasteiger partial charge in [-0.1, -0.05) is 23.7 Å². The molecule has 2 aromatic rings. The lowest BCUT2D eigenvalue weighted by Gasteiger charge is -2.07. The first-order valence-corrected chi connectivity index (χ1v) is 6.92. The van der Waals surface area contributed by atoms with Crippen LogP contribution < -0.4 is 5.73 Å². The molecule has 0 aliphatic rings. The first-order valence-electron chi connectivity index (χ1n) is 6.00. The standard InChI is InChI=1S/C15H11Cl2FN2O/c16-8-14(19)20-13-6-5-9(17)7-11(13)15(21)10-3-1-2-4-12(10)18/h1-7H,8H2,(H2,19,20). The molecule has 0 aliphatic carbocycles. The number of carbonyl (C=O) groups excluding carboxylic acids is 1. The minimum atomic E-state index is -0.609. The zero-order valence-electron chi connectivity index (χ0n) is 10.8. The Morgan fingerprint density at radius 3 is 2.57 bits per heavy atom. The van der Waals surface area contributed by atoms with Gasteiger partial charge in [0.05, 0.1) is 17.1 Å². The molecular formula is C15H11Cl2FN2O. The average Bonchev–Trinajstić information content (AvgIpc) is 2.48. The largest absolute Gasteiger partial charge is 0.386 e. The first-order chi connectivity index (χ1) is 10.0. The smallest absolute Gasteiger partial charge is 0.198 e. The maximum Gasteiger partial charge on any atom is 0.198 e. The number of aliphatic imine (C=N–C) groups is 1. The van der Waals surface area contributed by atoms with E-state index in [1.54, 1.807) is 12.1 Å². The molecule has 0 saturated heterocycles. The molecule has 3 nitrogen and oxygen atoms in total. The number of amidine groups is 1. The lowest BCUT2D eigenvalue weighted by molar-refractivity contribution is 0.103. The summed E-state index contributed by atoms with van der Waals surface area (Å²) < 4.78 is 13.8. The molecule has 0 aromatic heterocycles. The van der Waals surface area contributed by atoms with Gasteiger partial charge in [0.15, 0.2) is 5.78 Å². The average molecular weight is 325 g/mol. The van der Waals surface area contributed by atoms with E-state index in [0.29, 0.717) is 10.7 Å². The number of ketones is 1. The number of carbonyl (C=O) groups is 1. The minimum Gasteiger partial charge on any atom is -0.386 e. The van der Waals surface area contributed by atoms with Gasteiger partial charge in [0.2, 0.25) is 0 Å². The maximum atomic E-state index is 13.8. The Labute approximate surface area is 131 Å². The van der Waals surface area contributed by atoms with Crippen LogP contribution in [0.3, 0.4) is 0 Å². The molecule has 0 heterocycles. The summed E-state index contributed by atoms with van der Waals surface area (Å²) >= 11 is 11.5. The fourth-order valence-electron chi connectivity index (χ4n) is 1.76. The Morgan fingerprint density at radius 2 is 1.90 bits per heavy atom. The van der Waals surface area contributed by atoms with Crippen molar-refractivity contribution in [2.75, 3.05) is 5.88 Å². The third kappa shape index (κ3) is 3.60. The number of alkyl halides is 1. The Bertz CT molecular complexity index is 717. The number of benzene rings is 2. The molecule has 0 fully saturated rings. The van der Waals surface area contributed by atoms with Crippen molar-refractivity contribution in [3.8, 4) is 0 Å². The zero-order chi connectivity index (χ0) is 15.4. The topological polar surface area (TPSA) is 55.4 Å². The predicted octanol–water partition coefficient (Wildman–Crippen LogP) is 3.94. The van der Waals surface area contributed by atoms with Crippen LogP contribution in [0.5, 0.6) is 0 Å². The summed E-state index contributed by atoms with van der Waals surface area (Å²) in [5.41, 5.74) is 5.99. The summed E-state index contributed by atoms with van der Waals surface area (Å²) in [6.45, 7) is 0. The van der Waals surface area contributed by atoms with Gasteiger partial charge in [-0.2, -0.15) is 0 Å². The van der Waals surface area contributed by atoms with Crippen molar-refractivity contribution in [2.24, 2.45) is 10.7 Å². The predicted molar refractivity (Wildman–Crippen MR) is 83.3 cm³/mol. The van der Waals surface area contributed by atoms with E-state index in [4.69, 9.17) is 28.9 Å². The fourth-order valence-corrected chi connectivity index (χ4v) is 1.99. The van der Waals surface area contributed by atoms with E-state index in [9.17, 15) is 9.18 Å². The molecular weight excluding hydrogens is 314 g/mol. The highest BCUT2D eigenvalue weighted by molar-refractivity contribution is 6.31. The third-order valence-electron chi connectivity index (χ3n) is 2.72. The Kier molecular flexibility index (Phi) is 4.94. The van der Waals surface area contributed by atoms with Crippen LogP contribution in [-0.2, 0) is 0 Å². The van der Waals surface area contributed by atoms with Crippen molar-refractivity contribution in [1.82, 2.24) is 0 Å². The van der Waals surface area contributed by atoms with Crippen molar-refractivity contribution >= 4 is 40.5 Å². The zero-order valence-corrected chi connectivity index (χ0v) is 12.3. The normalized spacial score (nSPS) is 11.5. The van der Waals surface area contributed by atoms with Crippen molar-refractivity contribution in [2.45, 2.75) is 0 Å². The summed E-state index contributed by atoms with van der Waals surface area (Å²) in [6, 6.07) is 10.2. The molecule has 0 spiro atoms. The number of nitrogens with zero attached hydrogens (tertiary/aromatic N) is 1. The van der Waals surface area contributed by atoms with Crippen molar-refractivity contribution in [1.29, 1.82) is 0 Å². The highest BCUT2D eigenvalue weighted by atomic mass is 35.5. The number of halogens is 3. The van der Waals surface area contributed by atoms with Crippen LogP contribution in [0.15, 0.2) is 47.5 Å². The van der Waals surface area contributed by atoms with Gasteiger partial charge < -0.3 is 5.73 Å². The molecule has 108 valence electrons. The van der Waals surface area contributed by atoms with Gasteiger partial charge in [0.1, 0.15) is 11.7 Å². The van der Waals surface area contributed by atoms with Crippen LogP contribution in [0.1, 0.15) is 15.9 Å². The highest BCUT2D eigenvalue weighted by Gasteiger charge is 2.17. The third-order valence-corrected chi connectivity index (χ3v) is 3.23. The molecule has 2 aromatic carbocycles. The maximum absolute atomic E-state index is 13.8. The number of rotatable bonds is 4. The minimum absolute atomic E-state index is 0.0238. The lowest BCUT2D eigenvalue weighted by Crippen LogP contribution is -2.13. The van der Waals surface area contributed by atoms with E-state index < -0.39 is 11.6 Å². The number of nitrogens with two attached hydrogens (primary N) is 1. The second-order valence-corrected chi connectivity index (χ2v) is 4.91. The van der Waals surface area contributed by atoms with Crippen LogP contribution in [0.25, 0.3) is 0 Å². The van der Waals surface area contributed by atoms with Crippen molar-refractivity contribution < 1.29 is 9.18 Å². The Balaban J connectivity index is 2.55. The number of hydrogen-bond acceptors (Lipinski definition) is 2. The summed E-state index contributed by atoms with van der Waals surface area (Å²) in [5, 5.41) is 0.345. The van der Waals surface area contributed by atoms with Gasteiger partial charge in [0.25, 0.3) is 0 Å². The van der Waals surface area contributed by atoms with E-state index in [0.717, 1.165) is 0 Å². The van der Waals surface area contributed by atoms with Gasteiger partial charge in [-0.15, -0.1) is 11.6 Å². The van der Waals surface area contributed by atoms with Gasteiger partial charge in [-0.05, 0) is 30.3 Å². The highest BCUT2D eigenvalue weighted by Crippen LogP contribution is 2.26. The monoisotopic (exact) mass is 324 g/mol. The summed E-state index contributed by atoms with van der Waals surface area (Å²) in [7, 11) is 0. The molecule has 2 rings (SSSR count). The molecule has 0 radical (unpaired) electrons. The Hall–Kier alpha value is -1.91. The second kappa shape index (κ2) is 6.70. The van der Waals surface area contributed by atoms with Crippen LogP contribution in [0.2, 0.25) is 5.02 Å². The van der Waals surface area contributed by atoms with Crippen molar-refractivity contribution in [3.05, 3.63) is 64.4 Å². The lowest BCUT2D eigenvalue weighted by atomic mass is 10.0. The van der Waals surface area contributed by atoms with Gasteiger partial charge in [-0.3, -0.25) is 4.79 Å². The SMILES string of the molecule is NC(CCl)=Nc1ccc(Cl)cc1C(=O)c1ccccc1F. The van der Waals surface area contributed by atoms with Crippen LogP contribution in [-0.4, -0.2) is 17.5 Å². The van der Waals surface area contributed by atoms with Gasteiger partial charge in [-0.25, -0.2) is 9.38 Å².